The first-order valence-corrected chi connectivity index (χ1v) is 9.38. The lowest BCUT2D eigenvalue weighted by atomic mass is 10.0. The third kappa shape index (κ3) is 5.99. The summed E-state index contributed by atoms with van der Waals surface area (Å²) >= 11 is 0. The third-order valence-electron chi connectivity index (χ3n) is 4.48. The summed E-state index contributed by atoms with van der Waals surface area (Å²) in [5.41, 5.74) is 0.759. The van der Waals surface area contributed by atoms with Crippen molar-refractivity contribution in [3.8, 4) is 5.75 Å². The van der Waals surface area contributed by atoms with Gasteiger partial charge in [-0.15, -0.1) is 0 Å². The van der Waals surface area contributed by atoms with E-state index in [1.54, 1.807) is 6.92 Å². The number of unbranched alkanes of at least 4 members (excludes halogenated alkanes) is 7. The van der Waals surface area contributed by atoms with E-state index in [0.717, 1.165) is 35.1 Å². The number of benzene rings is 2. The second-order valence-electron chi connectivity index (χ2n) is 6.60. The van der Waals surface area contributed by atoms with Gasteiger partial charge in [0.05, 0.1) is 6.61 Å². The van der Waals surface area contributed by atoms with E-state index in [1.165, 1.54) is 44.9 Å². The maximum absolute atomic E-state index is 11.4. The smallest absolute Gasteiger partial charge is 0.159 e. The summed E-state index contributed by atoms with van der Waals surface area (Å²) < 4.78 is 5.87. The molecule has 2 heteroatoms. The van der Waals surface area contributed by atoms with Crippen LogP contribution in [0.2, 0.25) is 0 Å². The average molecular weight is 326 g/mol. The van der Waals surface area contributed by atoms with Gasteiger partial charge in [0.2, 0.25) is 0 Å². The maximum Gasteiger partial charge on any atom is 0.159 e. The van der Waals surface area contributed by atoms with Crippen molar-refractivity contribution in [3.05, 3.63) is 42.0 Å². The van der Waals surface area contributed by atoms with Gasteiger partial charge in [0, 0.05) is 5.56 Å². The van der Waals surface area contributed by atoms with Gasteiger partial charge >= 0.3 is 0 Å². The molecule has 2 aromatic carbocycles. The van der Waals surface area contributed by atoms with Gasteiger partial charge in [0.15, 0.2) is 5.78 Å². The highest BCUT2D eigenvalue weighted by atomic mass is 16.5. The van der Waals surface area contributed by atoms with Crippen LogP contribution in [0.1, 0.15) is 75.6 Å². The molecular formula is C22H30O2. The molecule has 0 atom stereocenters. The van der Waals surface area contributed by atoms with Crippen LogP contribution in [0.3, 0.4) is 0 Å². The highest BCUT2D eigenvalue weighted by Crippen LogP contribution is 2.22. The standard InChI is InChI=1S/C22H30O2/c1-3-4-5-6-7-8-9-10-15-24-22-14-13-20-16-19(18(2)23)11-12-21(20)17-22/h11-14,16-17H,3-10,15H2,1-2H3. The summed E-state index contributed by atoms with van der Waals surface area (Å²) in [6.07, 6.45) is 10.5. The van der Waals surface area contributed by atoms with Gasteiger partial charge in [-0.1, -0.05) is 70.1 Å². The fourth-order valence-electron chi connectivity index (χ4n) is 2.96. The quantitative estimate of drug-likeness (QED) is 0.345. The van der Waals surface area contributed by atoms with Crippen molar-refractivity contribution < 1.29 is 9.53 Å². The highest BCUT2D eigenvalue weighted by molar-refractivity contribution is 5.98. The fraction of sp³-hybridized carbons (Fsp3) is 0.500. The Balaban J connectivity index is 1.71. The molecule has 0 spiro atoms. The van der Waals surface area contributed by atoms with E-state index in [9.17, 15) is 4.79 Å². The molecule has 2 nitrogen and oxygen atoms in total. The number of ether oxygens (including phenoxy) is 1. The van der Waals surface area contributed by atoms with Crippen LogP contribution in [-0.4, -0.2) is 12.4 Å². The van der Waals surface area contributed by atoms with E-state index in [0.29, 0.717) is 0 Å². The zero-order valence-corrected chi connectivity index (χ0v) is 15.1. The van der Waals surface area contributed by atoms with Crippen molar-refractivity contribution in [2.75, 3.05) is 6.61 Å². The Morgan fingerprint density at radius 2 is 1.46 bits per heavy atom. The van der Waals surface area contributed by atoms with Gasteiger partial charge < -0.3 is 4.74 Å². The number of rotatable bonds is 11. The van der Waals surface area contributed by atoms with Crippen LogP contribution in [0.4, 0.5) is 0 Å². The van der Waals surface area contributed by atoms with Gasteiger partial charge in [-0.2, -0.15) is 0 Å². The van der Waals surface area contributed by atoms with E-state index in [2.05, 4.69) is 13.0 Å². The molecule has 0 aliphatic carbocycles. The van der Waals surface area contributed by atoms with E-state index in [1.807, 2.05) is 30.3 Å². The first-order valence-electron chi connectivity index (χ1n) is 9.38. The molecule has 0 N–H and O–H groups in total. The average Bonchev–Trinajstić information content (AvgIpc) is 2.59. The summed E-state index contributed by atoms with van der Waals surface area (Å²) in [6.45, 7) is 4.64. The number of hydrogen-bond donors (Lipinski definition) is 0. The zero-order chi connectivity index (χ0) is 17.2. The summed E-state index contributed by atoms with van der Waals surface area (Å²) in [4.78, 5) is 11.4. The molecule has 0 amide bonds. The van der Waals surface area contributed by atoms with E-state index in [-0.39, 0.29) is 5.78 Å². The highest BCUT2D eigenvalue weighted by Gasteiger charge is 2.02. The minimum Gasteiger partial charge on any atom is -0.494 e. The molecule has 0 bridgehead atoms. The lowest BCUT2D eigenvalue weighted by molar-refractivity contribution is 0.101. The van der Waals surface area contributed by atoms with E-state index < -0.39 is 0 Å². The Hall–Kier alpha value is -1.83. The fourth-order valence-corrected chi connectivity index (χ4v) is 2.96. The molecule has 0 radical (unpaired) electrons. The SMILES string of the molecule is CCCCCCCCCCOc1ccc2cc(C(C)=O)ccc2c1. The normalized spacial score (nSPS) is 10.9. The molecule has 0 fully saturated rings. The van der Waals surface area contributed by atoms with E-state index >= 15 is 0 Å². The Morgan fingerprint density at radius 3 is 2.17 bits per heavy atom. The molecule has 130 valence electrons. The van der Waals surface area contributed by atoms with Crippen LogP contribution >= 0.6 is 0 Å². The number of carbonyl (C=O) groups is 1. The lowest BCUT2D eigenvalue weighted by Gasteiger charge is -2.08. The topological polar surface area (TPSA) is 26.3 Å². The Bertz CT molecular complexity index is 645. The zero-order valence-electron chi connectivity index (χ0n) is 15.1. The van der Waals surface area contributed by atoms with Crippen molar-refractivity contribution in [1.82, 2.24) is 0 Å². The molecule has 2 aromatic rings. The van der Waals surface area contributed by atoms with Crippen molar-refractivity contribution in [1.29, 1.82) is 0 Å². The molecular weight excluding hydrogens is 296 g/mol. The molecule has 0 saturated heterocycles. The van der Waals surface area contributed by atoms with Crippen LogP contribution in [0.25, 0.3) is 10.8 Å². The summed E-state index contributed by atoms with van der Waals surface area (Å²) in [5.74, 6) is 1.02. The molecule has 0 aliphatic rings. The molecule has 24 heavy (non-hydrogen) atoms. The molecule has 0 aliphatic heterocycles. The largest absolute Gasteiger partial charge is 0.494 e. The van der Waals surface area contributed by atoms with E-state index in [4.69, 9.17) is 4.74 Å². The number of fused-ring (bicyclic) bond motifs is 1. The predicted octanol–water partition coefficient (Wildman–Crippen LogP) is 6.56. The number of carbonyl (C=O) groups excluding carboxylic acids is 1. The Labute approximate surface area is 146 Å². The summed E-state index contributed by atoms with van der Waals surface area (Å²) in [6, 6.07) is 11.9. The Morgan fingerprint density at radius 1 is 0.833 bits per heavy atom. The summed E-state index contributed by atoms with van der Waals surface area (Å²) in [5, 5.41) is 2.20. The third-order valence-corrected chi connectivity index (χ3v) is 4.48. The maximum atomic E-state index is 11.4. The lowest BCUT2D eigenvalue weighted by Crippen LogP contribution is -1.97. The van der Waals surface area contributed by atoms with Gasteiger partial charge in [-0.05, 0) is 42.3 Å². The molecule has 0 unspecified atom stereocenters. The first-order chi connectivity index (χ1) is 11.7. The predicted molar refractivity (Wildman–Crippen MR) is 102 cm³/mol. The minimum absolute atomic E-state index is 0.104. The number of ketones is 1. The van der Waals surface area contributed by atoms with Gasteiger partial charge in [-0.3, -0.25) is 4.79 Å². The van der Waals surface area contributed by atoms with Crippen LogP contribution in [0.15, 0.2) is 36.4 Å². The van der Waals surface area contributed by atoms with Gasteiger partial charge in [-0.25, -0.2) is 0 Å². The van der Waals surface area contributed by atoms with Gasteiger partial charge in [0.1, 0.15) is 5.75 Å². The van der Waals surface area contributed by atoms with Crippen LogP contribution in [0.5, 0.6) is 5.75 Å². The molecule has 0 heterocycles. The molecule has 0 aromatic heterocycles. The minimum atomic E-state index is 0.104. The second-order valence-corrected chi connectivity index (χ2v) is 6.60. The van der Waals surface area contributed by atoms with Crippen LogP contribution in [0, 0.1) is 0 Å². The monoisotopic (exact) mass is 326 g/mol. The van der Waals surface area contributed by atoms with Crippen molar-refractivity contribution in [3.63, 3.8) is 0 Å². The second kappa shape index (κ2) is 10.1. The van der Waals surface area contributed by atoms with Crippen molar-refractivity contribution >= 4 is 16.6 Å². The summed E-state index contributed by atoms with van der Waals surface area (Å²) in [7, 11) is 0. The molecule has 2 rings (SSSR count). The van der Waals surface area contributed by atoms with Gasteiger partial charge in [0.25, 0.3) is 0 Å². The van der Waals surface area contributed by atoms with Crippen molar-refractivity contribution in [2.24, 2.45) is 0 Å². The van der Waals surface area contributed by atoms with Crippen LogP contribution in [-0.2, 0) is 0 Å². The molecule has 0 saturated carbocycles. The number of Topliss-reactive ketones (excluding diaryl/α,β-unsaturated/α-hetero) is 1. The van der Waals surface area contributed by atoms with Crippen LogP contribution < -0.4 is 4.74 Å². The Kier molecular flexibility index (Phi) is 7.81. The van der Waals surface area contributed by atoms with Crippen molar-refractivity contribution in [2.45, 2.75) is 65.2 Å². The first kappa shape index (κ1) is 18.5. The number of hydrogen-bond acceptors (Lipinski definition) is 2.